The van der Waals surface area contributed by atoms with Gasteiger partial charge in [-0.1, -0.05) is 6.92 Å². The molecular weight excluding hydrogens is 250 g/mol. The molecule has 0 aliphatic carbocycles. The van der Waals surface area contributed by atoms with Crippen LogP contribution in [0, 0.1) is 0 Å². The number of hydrogen-bond acceptors (Lipinski definition) is 5. The number of thiophene rings is 1. The number of ether oxygens (including phenoxy) is 1. The van der Waals surface area contributed by atoms with E-state index in [1.165, 1.54) is 11.3 Å². The molecule has 0 radical (unpaired) electrons. The number of anilines is 2. The Morgan fingerprint density at radius 3 is 2.94 bits per heavy atom. The summed E-state index contributed by atoms with van der Waals surface area (Å²) in [6, 6.07) is 1.80. The van der Waals surface area contributed by atoms with Crippen molar-refractivity contribution in [3.8, 4) is 0 Å². The molecule has 0 atom stereocenters. The number of nitrogens with one attached hydrogen (secondary N) is 2. The number of rotatable bonds is 8. The molecule has 0 unspecified atom stereocenters. The Morgan fingerprint density at radius 1 is 1.50 bits per heavy atom. The van der Waals surface area contributed by atoms with E-state index in [9.17, 15) is 4.79 Å². The van der Waals surface area contributed by atoms with E-state index in [1.807, 2.05) is 6.92 Å². The zero-order chi connectivity index (χ0) is 13.4. The molecule has 1 heterocycles. The molecule has 0 fully saturated rings. The number of carbonyl (C=O) groups excluding carboxylic acids is 1. The third-order valence-electron chi connectivity index (χ3n) is 2.33. The topological polar surface area (TPSA) is 76.4 Å². The van der Waals surface area contributed by atoms with E-state index in [4.69, 9.17) is 10.5 Å². The number of carbonyl (C=O) groups is 1. The Morgan fingerprint density at radius 2 is 2.28 bits per heavy atom. The number of amides is 1. The van der Waals surface area contributed by atoms with Gasteiger partial charge in [0.15, 0.2) is 0 Å². The van der Waals surface area contributed by atoms with Crippen LogP contribution >= 0.6 is 11.3 Å². The van der Waals surface area contributed by atoms with Crippen molar-refractivity contribution in [1.29, 1.82) is 0 Å². The average Bonchev–Trinajstić information content (AvgIpc) is 2.73. The molecule has 0 aliphatic heterocycles. The summed E-state index contributed by atoms with van der Waals surface area (Å²) in [6.07, 6.45) is 1.84. The summed E-state index contributed by atoms with van der Waals surface area (Å²) < 4.78 is 4.97. The second-order valence-corrected chi connectivity index (χ2v) is 4.98. The summed E-state index contributed by atoms with van der Waals surface area (Å²) >= 11 is 1.39. The van der Waals surface area contributed by atoms with Crippen LogP contribution in [-0.4, -0.2) is 32.7 Å². The van der Waals surface area contributed by atoms with E-state index in [0.717, 1.165) is 31.0 Å². The molecule has 1 aromatic heterocycles. The highest BCUT2D eigenvalue weighted by Crippen LogP contribution is 2.28. The van der Waals surface area contributed by atoms with Crippen LogP contribution in [-0.2, 0) is 4.74 Å². The van der Waals surface area contributed by atoms with Gasteiger partial charge in [0.2, 0.25) is 0 Å². The highest BCUT2D eigenvalue weighted by atomic mass is 32.1. The predicted octanol–water partition coefficient (Wildman–Crippen LogP) is 1.92. The minimum Gasteiger partial charge on any atom is -0.397 e. The number of nitrogens with two attached hydrogens (primary N) is 1. The Bertz CT molecular complexity index is 379. The van der Waals surface area contributed by atoms with Crippen LogP contribution in [0.15, 0.2) is 6.07 Å². The van der Waals surface area contributed by atoms with Crippen LogP contribution in [0.4, 0.5) is 10.7 Å². The van der Waals surface area contributed by atoms with Gasteiger partial charge in [-0.05, 0) is 18.9 Å². The molecule has 18 heavy (non-hydrogen) atoms. The van der Waals surface area contributed by atoms with Crippen molar-refractivity contribution in [2.75, 3.05) is 37.9 Å². The smallest absolute Gasteiger partial charge is 0.263 e. The monoisotopic (exact) mass is 271 g/mol. The third kappa shape index (κ3) is 4.54. The second-order valence-electron chi connectivity index (χ2n) is 3.92. The van der Waals surface area contributed by atoms with Crippen molar-refractivity contribution >= 4 is 27.9 Å². The Balaban J connectivity index is 2.50. The zero-order valence-corrected chi connectivity index (χ0v) is 11.7. The van der Waals surface area contributed by atoms with E-state index < -0.39 is 0 Å². The van der Waals surface area contributed by atoms with E-state index in [0.29, 0.717) is 17.1 Å². The molecule has 4 N–H and O–H groups in total. The zero-order valence-electron chi connectivity index (χ0n) is 10.9. The minimum atomic E-state index is -0.0932. The van der Waals surface area contributed by atoms with Crippen molar-refractivity contribution in [1.82, 2.24) is 5.32 Å². The van der Waals surface area contributed by atoms with Crippen molar-refractivity contribution in [3.63, 3.8) is 0 Å². The molecule has 102 valence electrons. The molecule has 0 bridgehead atoms. The lowest BCUT2D eigenvalue weighted by Crippen LogP contribution is -2.23. The van der Waals surface area contributed by atoms with Gasteiger partial charge < -0.3 is 21.1 Å². The summed E-state index contributed by atoms with van der Waals surface area (Å²) in [6.45, 7) is 4.22. The minimum absolute atomic E-state index is 0.0932. The maximum atomic E-state index is 11.8. The van der Waals surface area contributed by atoms with Gasteiger partial charge in [0.1, 0.15) is 4.88 Å². The van der Waals surface area contributed by atoms with Gasteiger partial charge in [0.05, 0.1) is 10.7 Å². The molecule has 0 saturated heterocycles. The molecule has 6 heteroatoms. The first-order valence-corrected chi connectivity index (χ1v) is 6.91. The Labute approximate surface area is 112 Å². The Kier molecular flexibility index (Phi) is 6.53. The fraction of sp³-hybridized carbons (Fsp3) is 0.583. The predicted molar refractivity (Wildman–Crippen MR) is 76.3 cm³/mol. The molecular formula is C12H21N3O2S. The Hall–Kier alpha value is -1.27. The van der Waals surface area contributed by atoms with E-state index >= 15 is 0 Å². The lowest BCUT2D eigenvalue weighted by atomic mass is 10.3. The molecule has 0 aliphatic rings. The summed E-state index contributed by atoms with van der Waals surface area (Å²) in [5, 5.41) is 6.97. The van der Waals surface area contributed by atoms with Crippen LogP contribution in [0.2, 0.25) is 0 Å². The van der Waals surface area contributed by atoms with Gasteiger partial charge in [-0.25, -0.2) is 0 Å². The van der Waals surface area contributed by atoms with Crippen molar-refractivity contribution in [2.45, 2.75) is 19.8 Å². The molecule has 0 aromatic carbocycles. The SMILES string of the molecule is CCCNC(=O)c1sc(NCCCOC)cc1N. The second kappa shape index (κ2) is 7.94. The molecule has 1 aromatic rings. The molecule has 0 saturated carbocycles. The standard InChI is InChI=1S/C12H21N3O2S/c1-3-5-15-12(16)11-9(13)8-10(18-11)14-6-4-7-17-2/h8,14H,3-7,13H2,1-2H3,(H,15,16). The first-order valence-electron chi connectivity index (χ1n) is 6.09. The van der Waals surface area contributed by atoms with Gasteiger partial charge in [0.25, 0.3) is 5.91 Å². The van der Waals surface area contributed by atoms with Crippen molar-refractivity contribution in [2.24, 2.45) is 0 Å². The quantitative estimate of drug-likeness (QED) is 0.631. The first kappa shape index (κ1) is 14.8. The van der Waals surface area contributed by atoms with Gasteiger partial charge in [-0.15, -0.1) is 11.3 Å². The highest BCUT2D eigenvalue weighted by Gasteiger charge is 2.13. The van der Waals surface area contributed by atoms with Crippen LogP contribution in [0.3, 0.4) is 0 Å². The summed E-state index contributed by atoms with van der Waals surface area (Å²) in [5.41, 5.74) is 6.36. The van der Waals surface area contributed by atoms with Crippen LogP contribution in [0.25, 0.3) is 0 Å². The van der Waals surface area contributed by atoms with E-state index in [-0.39, 0.29) is 5.91 Å². The van der Waals surface area contributed by atoms with E-state index in [2.05, 4.69) is 10.6 Å². The highest BCUT2D eigenvalue weighted by molar-refractivity contribution is 7.18. The fourth-order valence-corrected chi connectivity index (χ4v) is 2.34. The van der Waals surface area contributed by atoms with Crippen LogP contribution in [0.1, 0.15) is 29.4 Å². The molecule has 5 nitrogen and oxygen atoms in total. The average molecular weight is 271 g/mol. The maximum absolute atomic E-state index is 11.8. The van der Waals surface area contributed by atoms with Gasteiger partial charge in [-0.2, -0.15) is 0 Å². The first-order chi connectivity index (χ1) is 8.69. The lowest BCUT2D eigenvalue weighted by molar-refractivity contribution is 0.0958. The summed E-state index contributed by atoms with van der Waals surface area (Å²) in [7, 11) is 1.68. The van der Waals surface area contributed by atoms with Gasteiger partial charge >= 0.3 is 0 Å². The summed E-state index contributed by atoms with van der Waals surface area (Å²) in [4.78, 5) is 12.4. The molecule has 1 rings (SSSR count). The van der Waals surface area contributed by atoms with Crippen molar-refractivity contribution < 1.29 is 9.53 Å². The number of methoxy groups -OCH3 is 1. The van der Waals surface area contributed by atoms with Crippen LogP contribution in [0.5, 0.6) is 0 Å². The van der Waals surface area contributed by atoms with Gasteiger partial charge in [-0.3, -0.25) is 4.79 Å². The number of hydrogen-bond donors (Lipinski definition) is 3. The fourth-order valence-electron chi connectivity index (χ4n) is 1.42. The maximum Gasteiger partial charge on any atom is 0.263 e. The van der Waals surface area contributed by atoms with Crippen LogP contribution < -0.4 is 16.4 Å². The lowest BCUT2D eigenvalue weighted by Gasteiger charge is -2.02. The molecule has 1 amide bonds. The summed E-state index contributed by atoms with van der Waals surface area (Å²) in [5.74, 6) is -0.0932. The van der Waals surface area contributed by atoms with Gasteiger partial charge in [0, 0.05) is 26.8 Å². The largest absolute Gasteiger partial charge is 0.397 e. The molecule has 0 spiro atoms. The van der Waals surface area contributed by atoms with E-state index in [1.54, 1.807) is 13.2 Å². The third-order valence-corrected chi connectivity index (χ3v) is 3.43. The normalized spacial score (nSPS) is 10.3. The van der Waals surface area contributed by atoms with Crippen molar-refractivity contribution in [3.05, 3.63) is 10.9 Å². The number of nitrogen functional groups attached to an aromatic ring is 1.